The number of aliphatic hydroxyl groups excluding tert-OH is 1. The standard InChI is InChI=1S/C18H30N4O2/c1-14-6-10-22(11-7-14)17-5-4-16(12-19-17)13-20-18(24)21(3)9-8-15(2)23/h4-5,12,14-15,23H,6-11,13H2,1-3H3,(H,20,24). The topological polar surface area (TPSA) is 68.7 Å². The number of rotatable bonds is 6. The molecule has 1 aliphatic heterocycles. The van der Waals surface area contributed by atoms with Crippen LogP contribution >= 0.6 is 0 Å². The molecule has 0 saturated carbocycles. The zero-order chi connectivity index (χ0) is 17.5. The lowest BCUT2D eigenvalue weighted by Gasteiger charge is -2.31. The quantitative estimate of drug-likeness (QED) is 0.837. The Balaban J connectivity index is 1.78. The van der Waals surface area contributed by atoms with Crippen LogP contribution in [0.2, 0.25) is 0 Å². The van der Waals surface area contributed by atoms with Gasteiger partial charge in [-0.05, 0) is 43.7 Å². The van der Waals surface area contributed by atoms with Gasteiger partial charge in [-0.2, -0.15) is 0 Å². The molecule has 2 amide bonds. The minimum atomic E-state index is -0.394. The van der Waals surface area contributed by atoms with Crippen LogP contribution in [0.4, 0.5) is 10.6 Å². The van der Waals surface area contributed by atoms with Gasteiger partial charge in [0.25, 0.3) is 0 Å². The fraction of sp³-hybridized carbons (Fsp3) is 0.667. The van der Waals surface area contributed by atoms with E-state index in [1.807, 2.05) is 18.3 Å². The molecule has 134 valence electrons. The van der Waals surface area contributed by atoms with Crippen molar-refractivity contribution >= 4 is 11.8 Å². The van der Waals surface area contributed by atoms with Crippen LogP contribution in [0.3, 0.4) is 0 Å². The van der Waals surface area contributed by atoms with Gasteiger partial charge in [-0.15, -0.1) is 0 Å². The van der Waals surface area contributed by atoms with Crippen molar-refractivity contribution in [3.05, 3.63) is 23.9 Å². The van der Waals surface area contributed by atoms with Crippen LogP contribution in [0.15, 0.2) is 18.3 Å². The zero-order valence-corrected chi connectivity index (χ0v) is 15.0. The van der Waals surface area contributed by atoms with E-state index in [1.165, 1.54) is 12.8 Å². The third-order valence-electron chi connectivity index (χ3n) is 4.59. The zero-order valence-electron chi connectivity index (χ0n) is 15.0. The molecule has 0 radical (unpaired) electrons. The lowest BCUT2D eigenvalue weighted by Crippen LogP contribution is -2.38. The number of carbonyl (C=O) groups is 1. The molecule has 0 spiro atoms. The van der Waals surface area contributed by atoms with Crippen molar-refractivity contribution in [1.82, 2.24) is 15.2 Å². The summed E-state index contributed by atoms with van der Waals surface area (Å²) in [6.45, 7) is 7.16. The van der Waals surface area contributed by atoms with E-state index in [0.29, 0.717) is 19.5 Å². The fourth-order valence-electron chi connectivity index (χ4n) is 2.74. The summed E-state index contributed by atoms with van der Waals surface area (Å²) < 4.78 is 0. The highest BCUT2D eigenvalue weighted by Gasteiger charge is 2.16. The molecule has 2 N–H and O–H groups in total. The second kappa shape index (κ2) is 8.87. The molecule has 0 aromatic carbocycles. The Hall–Kier alpha value is -1.82. The van der Waals surface area contributed by atoms with Gasteiger partial charge >= 0.3 is 6.03 Å². The van der Waals surface area contributed by atoms with E-state index in [4.69, 9.17) is 0 Å². The third kappa shape index (κ3) is 5.67. The molecule has 24 heavy (non-hydrogen) atoms. The van der Waals surface area contributed by atoms with Crippen LogP contribution in [0.1, 0.15) is 38.7 Å². The highest BCUT2D eigenvalue weighted by molar-refractivity contribution is 5.73. The minimum Gasteiger partial charge on any atom is -0.393 e. The van der Waals surface area contributed by atoms with Gasteiger partial charge in [0.1, 0.15) is 5.82 Å². The van der Waals surface area contributed by atoms with Crippen molar-refractivity contribution in [2.75, 3.05) is 31.6 Å². The summed E-state index contributed by atoms with van der Waals surface area (Å²) in [5, 5.41) is 12.1. The van der Waals surface area contributed by atoms with Crippen molar-refractivity contribution in [1.29, 1.82) is 0 Å². The first-order chi connectivity index (χ1) is 11.5. The Kier molecular flexibility index (Phi) is 6.85. The largest absolute Gasteiger partial charge is 0.393 e. The maximum absolute atomic E-state index is 12.0. The van der Waals surface area contributed by atoms with E-state index in [2.05, 4.69) is 22.1 Å². The maximum Gasteiger partial charge on any atom is 0.317 e. The predicted molar refractivity (Wildman–Crippen MR) is 96.0 cm³/mol. The number of amides is 2. The molecule has 1 atom stereocenters. The molecule has 2 heterocycles. The van der Waals surface area contributed by atoms with Crippen LogP contribution in [0.5, 0.6) is 0 Å². The minimum absolute atomic E-state index is 0.134. The summed E-state index contributed by atoms with van der Waals surface area (Å²) in [5.41, 5.74) is 0.987. The molecule has 1 aliphatic rings. The van der Waals surface area contributed by atoms with Crippen LogP contribution in [-0.4, -0.2) is 53.8 Å². The van der Waals surface area contributed by atoms with Gasteiger partial charge in [0.2, 0.25) is 0 Å². The van der Waals surface area contributed by atoms with Gasteiger partial charge in [0.05, 0.1) is 6.10 Å². The first kappa shape index (κ1) is 18.5. The highest BCUT2D eigenvalue weighted by Crippen LogP contribution is 2.21. The molecule has 1 unspecified atom stereocenters. The van der Waals surface area contributed by atoms with Gasteiger partial charge in [-0.3, -0.25) is 0 Å². The Morgan fingerprint density at radius 3 is 2.75 bits per heavy atom. The van der Waals surface area contributed by atoms with Crippen molar-refractivity contribution in [3.8, 4) is 0 Å². The Morgan fingerprint density at radius 1 is 1.46 bits per heavy atom. The molecular formula is C18H30N4O2. The molecule has 2 rings (SSSR count). The Bertz CT molecular complexity index is 510. The number of aliphatic hydroxyl groups is 1. The molecule has 1 saturated heterocycles. The molecule has 0 aliphatic carbocycles. The molecule has 0 bridgehead atoms. The van der Waals surface area contributed by atoms with E-state index in [-0.39, 0.29) is 6.03 Å². The maximum atomic E-state index is 12.0. The normalized spacial score (nSPS) is 16.8. The van der Waals surface area contributed by atoms with E-state index in [9.17, 15) is 9.90 Å². The predicted octanol–water partition coefficient (Wildman–Crippen LogP) is 2.23. The van der Waals surface area contributed by atoms with Crippen molar-refractivity contribution in [2.45, 2.75) is 45.8 Å². The lowest BCUT2D eigenvalue weighted by molar-refractivity contribution is 0.163. The van der Waals surface area contributed by atoms with Gasteiger partial charge in [-0.25, -0.2) is 9.78 Å². The summed E-state index contributed by atoms with van der Waals surface area (Å²) in [7, 11) is 1.73. The molecule has 1 fully saturated rings. The first-order valence-corrected chi connectivity index (χ1v) is 8.82. The molecule has 6 nitrogen and oxygen atoms in total. The summed E-state index contributed by atoms with van der Waals surface area (Å²) >= 11 is 0. The Morgan fingerprint density at radius 2 is 2.17 bits per heavy atom. The van der Waals surface area contributed by atoms with Gasteiger partial charge in [0.15, 0.2) is 0 Å². The number of anilines is 1. The highest BCUT2D eigenvalue weighted by atomic mass is 16.3. The van der Waals surface area contributed by atoms with Crippen molar-refractivity contribution in [2.24, 2.45) is 5.92 Å². The number of urea groups is 1. The van der Waals surface area contributed by atoms with Crippen LogP contribution in [-0.2, 0) is 6.54 Å². The van der Waals surface area contributed by atoms with Crippen LogP contribution in [0, 0.1) is 5.92 Å². The third-order valence-corrected chi connectivity index (χ3v) is 4.59. The number of nitrogens with zero attached hydrogens (tertiary/aromatic N) is 3. The number of hydrogen-bond donors (Lipinski definition) is 2. The van der Waals surface area contributed by atoms with Gasteiger partial charge in [-0.1, -0.05) is 13.0 Å². The van der Waals surface area contributed by atoms with Crippen molar-refractivity contribution in [3.63, 3.8) is 0 Å². The van der Waals surface area contributed by atoms with Gasteiger partial charge < -0.3 is 20.2 Å². The number of nitrogens with one attached hydrogen (secondary N) is 1. The first-order valence-electron chi connectivity index (χ1n) is 8.82. The number of aromatic nitrogens is 1. The molecule has 1 aromatic rings. The monoisotopic (exact) mass is 334 g/mol. The average molecular weight is 334 g/mol. The van der Waals surface area contributed by atoms with Crippen LogP contribution < -0.4 is 10.2 Å². The lowest BCUT2D eigenvalue weighted by atomic mass is 9.99. The Labute approximate surface area is 144 Å². The van der Waals surface area contributed by atoms with E-state index >= 15 is 0 Å². The second-order valence-electron chi connectivity index (χ2n) is 6.91. The number of piperidine rings is 1. The van der Waals surface area contributed by atoms with Crippen LogP contribution in [0.25, 0.3) is 0 Å². The average Bonchev–Trinajstić information content (AvgIpc) is 2.58. The summed E-state index contributed by atoms with van der Waals surface area (Å²) in [5.74, 6) is 1.83. The molecule has 1 aromatic heterocycles. The smallest absolute Gasteiger partial charge is 0.317 e. The van der Waals surface area contributed by atoms with E-state index in [0.717, 1.165) is 30.4 Å². The number of carbonyl (C=O) groups excluding carboxylic acids is 1. The molecule has 6 heteroatoms. The fourth-order valence-corrected chi connectivity index (χ4v) is 2.74. The second-order valence-corrected chi connectivity index (χ2v) is 6.91. The number of hydrogen-bond acceptors (Lipinski definition) is 4. The van der Waals surface area contributed by atoms with E-state index in [1.54, 1.807) is 18.9 Å². The summed E-state index contributed by atoms with van der Waals surface area (Å²) in [6, 6.07) is 3.93. The SMILES string of the molecule is CC(O)CCN(C)C(=O)NCc1ccc(N2CCC(C)CC2)nc1. The summed E-state index contributed by atoms with van der Waals surface area (Å²) in [6.07, 6.45) is 4.46. The summed E-state index contributed by atoms with van der Waals surface area (Å²) in [4.78, 5) is 20.4. The molecular weight excluding hydrogens is 304 g/mol. The number of pyridine rings is 1. The van der Waals surface area contributed by atoms with Crippen molar-refractivity contribution < 1.29 is 9.90 Å². The van der Waals surface area contributed by atoms with Gasteiger partial charge in [0, 0.05) is 39.4 Å². The van der Waals surface area contributed by atoms with E-state index < -0.39 is 6.10 Å².